The predicted octanol–water partition coefficient (Wildman–Crippen LogP) is 4.24. The summed E-state index contributed by atoms with van der Waals surface area (Å²) >= 11 is 0. The number of hydrogen-bond acceptors (Lipinski definition) is 5. The van der Waals surface area contributed by atoms with E-state index in [2.05, 4.69) is 20.7 Å². The first-order chi connectivity index (χ1) is 13.6. The van der Waals surface area contributed by atoms with Crippen LogP contribution in [0.5, 0.6) is 5.75 Å². The van der Waals surface area contributed by atoms with Gasteiger partial charge in [0.25, 0.3) is 0 Å². The first-order valence-electron chi connectivity index (χ1n) is 8.49. The van der Waals surface area contributed by atoms with E-state index in [-0.39, 0.29) is 0 Å². The van der Waals surface area contributed by atoms with E-state index in [1.165, 1.54) is 0 Å². The summed E-state index contributed by atoms with van der Waals surface area (Å²) in [5, 5.41) is 18.9. The number of para-hydroxylation sites is 2. The quantitative estimate of drug-likeness (QED) is 0.482. The minimum absolute atomic E-state index is 0.447. The lowest BCUT2D eigenvalue weighted by molar-refractivity contribution is 0.210. The molecule has 2 aromatic heterocycles. The molecule has 0 aliphatic carbocycles. The Labute approximate surface area is 160 Å². The highest BCUT2D eigenvalue weighted by atomic mass is 16.5. The number of rotatable bonds is 5. The number of nitrogens with one attached hydrogen (secondary N) is 2. The van der Waals surface area contributed by atoms with Crippen LogP contribution in [-0.2, 0) is 0 Å². The fraction of sp³-hybridized carbons (Fsp3) is 0.0500. The summed E-state index contributed by atoms with van der Waals surface area (Å²) in [6.07, 6.45) is 0.742. The van der Waals surface area contributed by atoms with Gasteiger partial charge in [-0.05, 0) is 42.0 Å². The highest BCUT2D eigenvalue weighted by Gasteiger charge is 2.09. The molecular weight excluding hydrogens is 358 g/mol. The summed E-state index contributed by atoms with van der Waals surface area (Å²) in [4.78, 5) is 15.3. The zero-order valence-electron chi connectivity index (χ0n) is 15.0. The first-order valence-corrected chi connectivity index (χ1v) is 8.49. The van der Waals surface area contributed by atoms with Crippen molar-refractivity contribution in [2.75, 3.05) is 17.7 Å². The van der Waals surface area contributed by atoms with Crippen molar-refractivity contribution in [1.29, 1.82) is 0 Å². The lowest BCUT2D eigenvalue weighted by Gasteiger charge is -2.07. The zero-order chi connectivity index (χ0) is 19.5. The standard InChI is InChI=1S/C20H17N5O3/c1-28-17-8-3-2-7-16(17)22-19-23-18-10-9-14(12-25(18)24-19)13-5-4-6-15(11-13)21-20(26)27/h2-12,21H,1H3,(H,22,24)(H,26,27). The minimum Gasteiger partial charge on any atom is -0.495 e. The molecule has 2 heterocycles. The largest absolute Gasteiger partial charge is 0.495 e. The molecule has 28 heavy (non-hydrogen) atoms. The molecule has 3 N–H and O–H groups in total. The van der Waals surface area contributed by atoms with Crippen LogP contribution >= 0.6 is 0 Å². The van der Waals surface area contributed by atoms with Crippen LogP contribution < -0.4 is 15.4 Å². The number of methoxy groups -OCH3 is 1. The fourth-order valence-corrected chi connectivity index (χ4v) is 2.88. The molecule has 4 rings (SSSR count). The van der Waals surface area contributed by atoms with Crippen molar-refractivity contribution in [2.24, 2.45) is 0 Å². The van der Waals surface area contributed by atoms with Crippen molar-refractivity contribution in [3.8, 4) is 16.9 Å². The lowest BCUT2D eigenvalue weighted by Crippen LogP contribution is -2.06. The van der Waals surface area contributed by atoms with Gasteiger partial charge in [0.15, 0.2) is 5.65 Å². The van der Waals surface area contributed by atoms with Gasteiger partial charge in [-0.1, -0.05) is 24.3 Å². The van der Waals surface area contributed by atoms with Crippen molar-refractivity contribution in [3.63, 3.8) is 0 Å². The second kappa shape index (κ2) is 7.28. The molecule has 0 spiro atoms. The second-order valence-electron chi connectivity index (χ2n) is 5.99. The van der Waals surface area contributed by atoms with Crippen LogP contribution in [0.25, 0.3) is 16.8 Å². The van der Waals surface area contributed by atoms with E-state index < -0.39 is 6.09 Å². The van der Waals surface area contributed by atoms with E-state index in [4.69, 9.17) is 9.84 Å². The molecule has 0 saturated carbocycles. The highest BCUT2D eigenvalue weighted by molar-refractivity contribution is 5.84. The molecule has 0 radical (unpaired) electrons. The SMILES string of the molecule is COc1ccccc1Nc1nc2ccc(-c3cccc(NC(=O)O)c3)cn2n1. The number of aromatic nitrogens is 3. The van der Waals surface area contributed by atoms with E-state index in [0.29, 0.717) is 23.0 Å². The summed E-state index contributed by atoms with van der Waals surface area (Å²) in [6.45, 7) is 0. The third-order valence-corrected chi connectivity index (χ3v) is 4.13. The minimum atomic E-state index is -1.10. The normalized spacial score (nSPS) is 10.6. The zero-order valence-corrected chi connectivity index (χ0v) is 15.0. The third kappa shape index (κ3) is 3.56. The molecule has 2 aromatic carbocycles. The average molecular weight is 375 g/mol. The topological polar surface area (TPSA) is 101 Å². The van der Waals surface area contributed by atoms with Crippen LogP contribution in [0, 0.1) is 0 Å². The molecular formula is C20H17N5O3. The molecule has 0 saturated heterocycles. The molecule has 1 amide bonds. The molecule has 8 heteroatoms. The number of anilines is 3. The van der Waals surface area contributed by atoms with Gasteiger partial charge in [-0.25, -0.2) is 9.31 Å². The molecule has 0 aliphatic rings. The monoisotopic (exact) mass is 375 g/mol. The third-order valence-electron chi connectivity index (χ3n) is 4.13. The summed E-state index contributed by atoms with van der Waals surface area (Å²) in [5.41, 5.74) is 3.70. The Morgan fingerprint density at radius 2 is 1.93 bits per heavy atom. The smallest absolute Gasteiger partial charge is 0.409 e. The molecule has 8 nitrogen and oxygen atoms in total. The van der Waals surface area contributed by atoms with Crippen molar-refractivity contribution < 1.29 is 14.6 Å². The van der Waals surface area contributed by atoms with Gasteiger partial charge >= 0.3 is 6.09 Å². The summed E-state index contributed by atoms with van der Waals surface area (Å²) < 4.78 is 7.01. The van der Waals surface area contributed by atoms with E-state index in [9.17, 15) is 4.79 Å². The number of pyridine rings is 1. The Bertz CT molecular complexity index is 1160. The Balaban J connectivity index is 1.64. The van der Waals surface area contributed by atoms with Crippen LogP contribution in [0.15, 0.2) is 66.9 Å². The average Bonchev–Trinajstić information content (AvgIpc) is 3.09. The number of fused-ring (bicyclic) bond motifs is 1. The summed E-state index contributed by atoms with van der Waals surface area (Å²) in [6, 6.07) is 18.5. The van der Waals surface area contributed by atoms with Gasteiger partial charge in [-0.15, -0.1) is 5.10 Å². The van der Waals surface area contributed by atoms with Crippen LogP contribution in [0.3, 0.4) is 0 Å². The van der Waals surface area contributed by atoms with Gasteiger partial charge in [-0.2, -0.15) is 4.98 Å². The molecule has 0 aliphatic heterocycles. The van der Waals surface area contributed by atoms with Crippen molar-refractivity contribution in [2.45, 2.75) is 0 Å². The van der Waals surface area contributed by atoms with Gasteiger partial charge in [0.1, 0.15) is 5.75 Å². The number of carbonyl (C=O) groups is 1. The maximum absolute atomic E-state index is 10.8. The number of amides is 1. The fourth-order valence-electron chi connectivity index (χ4n) is 2.88. The molecule has 0 unspecified atom stereocenters. The molecule has 0 fully saturated rings. The predicted molar refractivity (Wildman–Crippen MR) is 106 cm³/mol. The highest BCUT2D eigenvalue weighted by Crippen LogP contribution is 2.27. The summed E-state index contributed by atoms with van der Waals surface area (Å²) in [7, 11) is 1.61. The van der Waals surface area contributed by atoms with Crippen molar-refractivity contribution in [1.82, 2.24) is 14.6 Å². The molecule has 0 atom stereocenters. The Kier molecular flexibility index (Phi) is 4.51. The number of ether oxygens (including phenoxy) is 1. The number of benzene rings is 2. The van der Waals surface area contributed by atoms with Crippen molar-refractivity contribution in [3.05, 3.63) is 66.9 Å². The first kappa shape index (κ1) is 17.3. The summed E-state index contributed by atoms with van der Waals surface area (Å²) in [5.74, 6) is 1.15. The lowest BCUT2D eigenvalue weighted by atomic mass is 10.1. The molecule has 140 valence electrons. The van der Waals surface area contributed by atoms with Gasteiger partial charge < -0.3 is 15.2 Å². The van der Waals surface area contributed by atoms with Crippen LogP contribution in [0.2, 0.25) is 0 Å². The van der Waals surface area contributed by atoms with Gasteiger partial charge in [0.05, 0.1) is 12.8 Å². The van der Waals surface area contributed by atoms with Gasteiger partial charge in [0.2, 0.25) is 5.95 Å². The van der Waals surface area contributed by atoms with E-state index in [0.717, 1.165) is 16.8 Å². The Morgan fingerprint density at radius 1 is 1.07 bits per heavy atom. The Morgan fingerprint density at radius 3 is 2.75 bits per heavy atom. The van der Waals surface area contributed by atoms with Crippen LogP contribution in [0.1, 0.15) is 0 Å². The maximum atomic E-state index is 10.8. The number of hydrogen-bond donors (Lipinski definition) is 3. The molecule has 0 bridgehead atoms. The van der Waals surface area contributed by atoms with Gasteiger partial charge in [-0.3, -0.25) is 5.32 Å². The Hall–Kier alpha value is -4.07. The van der Waals surface area contributed by atoms with Crippen LogP contribution in [-0.4, -0.2) is 32.9 Å². The maximum Gasteiger partial charge on any atom is 0.409 e. The van der Waals surface area contributed by atoms with Crippen molar-refractivity contribution >= 4 is 29.1 Å². The van der Waals surface area contributed by atoms with Crippen LogP contribution in [0.4, 0.5) is 22.1 Å². The second-order valence-corrected chi connectivity index (χ2v) is 5.99. The number of nitrogens with zero attached hydrogens (tertiary/aromatic N) is 3. The number of carboxylic acid groups (broad SMARTS) is 1. The van der Waals surface area contributed by atoms with E-state index in [1.807, 2.05) is 48.7 Å². The van der Waals surface area contributed by atoms with E-state index in [1.54, 1.807) is 29.8 Å². The van der Waals surface area contributed by atoms with E-state index >= 15 is 0 Å². The van der Waals surface area contributed by atoms with Gasteiger partial charge in [0, 0.05) is 17.4 Å². The molecule has 4 aromatic rings.